The Morgan fingerprint density at radius 1 is 1.17 bits per heavy atom. The molecule has 0 spiro atoms. The van der Waals surface area contributed by atoms with Crippen LogP contribution in [0.4, 0.5) is 5.82 Å². The Labute approximate surface area is 135 Å². The molecule has 2 aromatic rings. The van der Waals surface area contributed by atoms with Crippen LogP contribution >= 0.6 is 0 Å². The van der Waals surface area contributed by atoms with Crippen molar-refractivity contribution in [2.75, 3.05) is 18.0 Å². The van der Waals surface area contributed by atoms with E-state index < -0.39 is 0 Å². The lowest BCUT2D eigenvalue weighted by Gasteiger charge is -2.18. The van der Waals surface area contributed by atoms with E-state index >= 15 is 0 Å². The molecule has 4 rings (SSSR count). The van der Waals surface area contributed by atoms with Gasteiger partial charge in [-0.05, 0) is 25.7 Å². The normalized spacial score (nSPS) is 18.9. The highest BCUT2D eigenvalue weighted by Crippen LogP contribution is 2.26. The van der Waals surface area contributed by atoms with Crippen molar-refractivity contribution < 1.29 is 4.79 Å². The van der Waals surface area contributed by atoms with Gasteiger partial charge in [-0.2, -0.15) is 5.10 Å². The van der Waals surface area contributed by atoms with E-state index in [0.717, 1.165) is 55.6 Å². The Kier molecular flexibility index (Phi) is 3.63. The van der Waals surface area contributed by atoms with Gasteiger partial charge >= 0.3 is 0 Å². The zero-order valence-corrected chi connectivity index (χ0v) is 13.5. The number of aromatic nitrogens is 4. The third-order valence-corrected chi connectivity index (χ3v) is 4.87. The van der Waals surface area contributed by atoms with Crippen molar-refractivity contribution in [3.8, 4) is 0 Å². The summed E-state index contributed by atoms with van der Waals surface area (Å²) in [5, 5.41) is 8.29. The molecule has 1 N–H and O–H groups in total. The number of hydrogen-bond acceptors (Lipinski definition) is 5. The summed E-state index contributed by atoms with van der Waals surface area (Å²) in [4.78, 5) is 23.8. The molecule has 1 saturated carbocycles. The van der Waals surface area contributed by atoms with E-state index in [-0.39, 0.29) is 17.8 Å². The molecule has 1 saturated heterocycles. The van der Waals surface area contributed by atoms with Crippen LogP contribution in [0.5, 0.6) is 0 Å². The van der Waals surface area contributed by atoms with Gasteiger partial charge in [0.2, 0.25) is 5.82 Å². The van der Waals surface area contributed by atoms with E-state index in [1.165, 1.54) is 12.8 Å². The summed E-state index contributed by atoms with van der Waals surface area (Å²) in [6.45, 7) is 1.95. The lowest BCUT2D eigenvalue weighted by Crippen LogP contribution is -2.34. The van der Waals surface area contributed by atoms with Gasteiger partial charge in [-0.15, -0.1) is 0 Å². The molecule has 2 aromatic heterocycles. The summed E-state index contributed by atoms with van der Waals surface area (Å²) < 4.78 is 1.71. The molecule has 0 bridgehead atoms. The number of carbonyl (C=O) groups excluding carboxylic acids is 1. The Morgan fingerprint density at radius 2 is 1.91 bits per heavy atom. The van der Waals surface area contributed by atoms with Crippen LogP contribution < -0.4 is 10.2 Å². The fourth-order valence-corrected chi connectivity index (χ4v) is 3.60. The summed E-state index contributed by atoms with van der Waals surface area (Å²) in [6, 6.07) is 0.267. The first-order chi connectivity index (χ1) is 11.2. The van der Waals surface area contributed by atoms with Gasteiger partial charge in [0.05, 0.1) is 11.6 Å². The van der Waals surface area contributed by atoms with Gasteiger partial charge < -0.3 is 10.2 Å². The van der Waals surface area contributed by atoms with Crippen molar-refractivity contribution >= 4 is 22.8 Å². The largest absolute Gasteiger partial charge is 0.356 e. The number of hydrogen-bond donors (Lipinski definition) is 1. The number of fused-ring (bicyclic) bond motifs is 1. The summed E-state index contributed by atoms with van der Waals surface area (Å²) in [5.41, 5.74) is 0.721. The number of nitrogens with one attached hydrogen (secondary N) is 1. The standard InChI is InChI=1S/C16H22N6O/c1-21-14-12(10-17-21)15(22-8-4-5-9-22)20-13(19-14)16(23)18-11-6-2-3-7-11/h10-11H,2-9H2,1H3,(H,18,23). The number of carbonyl (C=O) groups is 1. The van der Waals surface area contributed by atoms with Crippen LogP contribution in [0.25, 0.3) is 11.0 Å². The topological polar surface area (TPSA) is 75.9 Å². The van der Waals surface area contributed by atoms with Crippen LogP contribution in [0.15, 0.2) is 6.20 Å². The first kappa shape index (κ1) is 14.4. The number of anilines is 1. The maximum atomic E-state index is 12.6. The smallest absolute Gasteiger partial charge is 0.289 e. The molecular weight excluding hydrogens is 292 g/mol. The second kappa shape index (κ2) is 5.79. The summed E-state index contributed by atoms with van der Waals surface area (Å²) in [7, 11) is 1.85. The van der Waals surface area contributed by atoms with E-state index in [4.69, 9.17) is 0 Å². The number of nitrogens with zero attached hydrogens (tertiary/aromatic N) is 5. The van der Waals surface area contributed by atoms with Crippen LogP contribution in [-0.4, -0.2) is 44.8 Å². The highest BCUT2D eigenvalue weighted by Gasteiger charge is 2.24. The predicted molar refractivity (Wildman–Crippen MR) is 87.5 cm³/mol. The molecule has 1 amide bonds. The van der Waals surface area contributed by atoms with Crippen LogP contribution in [0, 0.1) is 0 Å². The van der Waals surface area contributed by atoms with Crippen LogP contribution in [0.1, 0.15) is 49.1 Å². The van der Waals surface area contributed by atoms with Crippen LogP contribution in [-0.2, 0) is 7.05 Å². The second-order valence-electron chi connectivity index (χ2n) is 6.53. The minimum Gasteiger partial charge on any atom is -0.356 e. The molecule has 1 aliphatic heterocycles. The average Bonchev–Trinajstić information content (AvgIpc) is 3.29. The Balaban J connectivity index is 1.71. The molecule has 0 atom stereocenters. The molecule has 1 aliphatic carbocycles. The van der Waals surface area contributed by atoms with Gasteiger partial charge in [0.1, 0.15) is 5.82 Å². The van der Waals surface area contributed by atoms with E-state index in [1.807, 2.05) is 7.05 Å². The lowest BCUT2D eigenvalue weighted by atomic mass is 10.2. The van der Waals surface area contributed by atoms with Crippen molar-refractivity contribution in [2.24, 2.45) is 7.05 Å². The minimum absolute atomic E-state index is 0.166. The fraction of sp³-hybridized carbons (Fsp3) is 0.625. The summed E-state index contributed by atoms with van der Waals surface area (Å²) in [6.07, 6.45) is 8.60. The van der Waals surface area contributed by atoms with Crippen molar-refractivity contribution in [3.05, 3.63) is 12.0 Å². The Morgan fingerprint density at radius 3 is 2.65 bits per heavy atom. The highest BCUT2D eigenvalue weighted by molar-refractivity contribution is 5.95. The predicted octanol–water partition coefficient (Wildman–Crippen LogP) is 1.64. The highest BCUT2D eigenvalue weighted by atomic mass is 16.2. The van der Waals surface area contributed by atoms with E-state index in [0.29, 0.717) is 0 Å². The van der Waals surface area contributed by atoms with E-state index in [2.05, 4.69) is 25.3 Å². The van der Waals surface area contributed by atoms with E-state index in [1.54, 1.807) is 10.9 Å². The van der Waals surface area contributed by atoms with Gasteiger partial charge in [-0.25, -0.2) is 9.97 Å². The van der Waals surface area contributed by atoms with Crippen LogP contribution in [0.3, 0.4) is 0 Å². The number of aryl methyl sites for hydroxylation is 1. The molecule has 0 unspecified atom stereocenters. The molecule has 122 valence electrons. The van der Waals surface area contributed by atoms with Crippen molar-refractivity contribution in [1.82, 2.24) is 25.1 Å². The van der Waals surface area contributed by atoms with E-state index in [9.17, 15) is 4.79 Å². The molecular formula is C16H22N6O. The molecule has 2 fully saturated rings. The Bertz CT molecular complexity index is 727. The quantitative estimate of drug-likeness (QED) is 0.932. The zero-order valence-electron chi connectivity index (χ0n) is 13.5. The maximum absolute atomic E-state index is 12.6. The van der Waals surface area contributed by atoms with Crippen molar-refractivity contribution in [3.63, 3.8) is 0 Å². The molecule has 23 heavy (non-hydrogen) atoms. The maximum Gasteiger partial charge on any atom is 0.289 e. The Hall–Kier alpha value is -2.18. The van der Waals surface area contributed by atoms with Gasteiger partial charge in [0, 0.05) is 26.2 Å². The lowest BCUT2D eigenvalue weighted by molar-refractivity contribution is 0.0927. The molecule has 3 heterocycles. The number of amides is 1. The van der Waals surface area contributed by atoms with Gasteiger partial charge in [0.25, 0.3) is 5.91 Å². The van der Waals surface area contributed by atoms with Gasteiger partial charge in [0.15, 0.2) is 5.65 Å². The number of rotatable bonds is 3. The SMILES string of the molecule is Cn1ncc2c(N3CCCC3)nc(C(=O)NC3CCCC3)nc21. The first-order valence-electron chi connectivity index (χ1n) is 8.48. The van der Waals surface area contributed by atoms with Gasteiger partial charge in [-0.3, -0.25) is 9.48 Å². The third kappa shape index (κ3) is 2.64. The average molecular weight is 314 g/mol. The monoisotopic (exact) mass is 314 g/mol. The van der Waals surface area contributed by atoms with Gasteiger partial charge in [-0.1, -0.05) is 12.8 Å². The molecule has 0 aromatic carbocycles. The fourth-order valence-electron chi connectivity index (χ4n) is 3.60. The second-order valence-corrected chi connectivity index (χ2v) is 6.53. The summed E-state index contributed by atoms with van der Waals surface area (Å²) in [5.74, 6) is 0.938. The zero-order chi connectivity index (χ0) is 15.8. The molecule has 0 radical (unpaired) electrons. The van der Waals surface area contributed by atoms with Crippen molar-refractivity contribution in [2.45, 2.75) is 44.6 Å². The molecule has 2 aliphatic rings. The van der Waals surface area contributed by atoms with Crippen LogP contribution in [0.2, 0.25) is 0 Å². The third-order valence-electron chi connectivity index (χ3n) is 4.87. The van der Waals surface area contributed by atoms with Crippen molar-refractivity contribution in [1.29, 1.82) is 0 Å². The first-order valence-corrected chi connectivity index (χ1v) is 8.48. The molecule has 7 nitrogen and oxygen atoms in total. The minimum atomic E-state index is -0.166. The summed E-state index contributed by atoms with van der Waals surface area (Å²) >= 11 is 0. The molecule has 7 heteroatoms.